The van der Waals surface area contributed by atoms with Crippen molar-refractivity contribution >= 4 is 33.3 Å². The van der Waals surface area contributed by atoms with Gasteiger partial charge in [0.2, 0.25) is 0 Å². The van der Waals surface area contributed by atoms with E-state index in [9.17, 15) is 0 Å². The average Bonchev–Trinajstić information content (AvgIpc) is 3.90. The summed E-state index contributed by atoms with van der Waals surface area (Å²) in [5.74, 6) is 0. The molecule has 1 saturated carbocycles. The molecule has 1 heteroatoms. The predicted octanol–water partition coefficient (Wildman–Crippen LogP) is 11.3. The summed E-state index contributed by atoms with van der Waals surface area (Å²) in [6, 6.07) is 42.0. The standard InChI is InChI=1S/C43H33N/c1-3-12-30(13-4-1)32-20-23-35(24-21-32)44(36-25-22-33(28-36)31-14-5-2-6-15-31)42-37-17-8-7-16-34(37)29-40-41(42)38-18-11-19-39(38)43(40)26-9-10-27-43/h1-8,11-18,20-25,29H,9-10,19,26-27H2. The third kappa shape index (κ3) is 3.80. The van der Waals surface area contributed by atoms with Crippen LogP contribution in [0.1, 0.15) is 48.8 Å². The number of nitrogens with zero attached hydrogens (tertiary/aromatic N) is 1. The van der Waals surface area contributed by atoms with Crippen LogP contribution in [0.25, 0.3) is 33.0 Å². The van der Waals surface area contributed by atoms with Crippen LogP contribution in [0.3, 0.4) is 0 Å². The van der Waals surface area contributed by atoms with Gasteiger partial charge in [-0.05, 0) is 88.4 Å². The molecule has 0 bridgehead atoms. The maximum atomic E-state index is 3.84. The zero-order chi connectivity index (χ0) is 29.1. The van der Waals surface area contributed by atoms with Gasteiger partial charge < -0.3 is 4.90 Å². The lowest BCUT2D eigenvalue weighted by Crippen LogP contribution is -2.23. The maximum Gasteiger partial charge on any atom is 0.0897 e. The number of benzene rings is 5. The summed E-state index contributed by atoms with van der Waals surface area (Å²) in [7, 11) is 0. The molecule has 1 fully saturated rings. The van der Waals surface area contributed by atoms with E-state index in [4.69, 9.17) is 0 Å². The van der Waals surface area contributed by atoms with E-state index in [1.165, 1.54) is 70.0 Å². The van der Waals surface area contributed by atoms with E-state index in [2.05, 4.69) is 150 Å². The summed E-state index contributed by atoms with van der Waals surface area (Å²) in [4.78, 5) is 2.49. The van der Waals surface area contributed by atoms with Gasteiger partial charge in [0.05, 0.1) is 11.4 Å². The number of hydrogen-bond donors (Lipinski definition) is 0. The average molecular weight is 564 g/mol. The van der Waals surface area contributed by atoms with Crippen molar-refractivity contribution in [3.63, 3.8) is 0 Å². The van der Waals surface area contributed by atoms with Crippen molar-refractivity contribution in [2.75, 3.05) is 4.90 Å². The van der Waals surface area contributed by atoms with Gasteiger partial charge in [-0.3, -0.25) is 0 Å². The van der Waals surface area contributed by atoms with Gasteiger partial charge in [-0.15, -0.1) is 0 Å². The Balaban J connectivity index is 1.33. The predicted molar refractivity (Wildman–Crippen MR) is 185 cm³/mol. The second kappa shape index (κ2) is 9.98. The van der Waals surface area contributed by atoms with Gasteiger partial charge in [0.15, 0.2) is 0 Å². The zero-order valence-electron chi connectivity index (χ0n) is 24.8. The van der Waals surface area contributed by atoms with Gasteiger partial charge in [-0.2, -0.15) is 0 Å². The first-order valence-corrected chi connectivity index (χ1v) is 16.0. The van der Waals surface area contributed by atoms with Gasteiger partial charge in [-0.25, -0.2) is 0 Å². The largest absolute Gasteiger partial charge is 0.302 e. The fraction of sp³-hybridized carbons (Fsp3) is 0.140. The maximum absolute atomic E-state index is 3.84. The van der Waals surface area contributed by atoms with E-state index in [-0.39, 0.29) is 5.41 Å². The minimum absolute atomic E-state index is 0.167. The fourth-order valence-corrected chi connectivity index (χ4v) is 8.24. The highest BCUT2D eigenvalue weighted by atomic mass is 15.2. The van der Waals surface area contributed by atoms with Crippen LogP contribution in [0.2, 0.25) is 0 Å². The first-order chi connectivity index (χ1) is 21.8. The Kier molecular flexibility index (Phi) is 5.76. The molecule has 5 aromatic rings. The highest BCUT2D eigenvalue weighted by Crippen LogP contribution is 2.62. The van der Waals surface area contributed by atoms with E-state index in [0.717, 1.165) is 23.4 Å². The summed E-state index contributed by atoms with van der Waals surface area (Å²) in [5, 5.41) is 2.61. The van der Waals surface area contributed by atoms with Gasteiger partial charge in [0.1, 0.15) is 0 Å². The SMILES string of the molecule is C1=C(c2ccccc2)C=CC=1N(c1ccc(-c2ccccc2)cc1)c1c2c(cc3ccccc13)C1(CCCC1)C1=C2C=CC1. The minimum atomic E-state index is 0.167. The topological polar surface area (TPSA) is 3.24 Å². The summed E-state index contributed by atoms with van der Waals surface area (Å²) < 4.78 is 0. The number of fused-ring (bicyclic) bond motifs is 5. The van der Waals surface area contributed by atoms with Crippen LogP contribution in [0.5, 0.6) is 0 Å². The molecular formula is C43H33N. The fourth-order valence-electron chi connectivity index (χ4n) is 8.24. The smallest absolute Gasteiger partial charge is 0.0897 e. The summed E-state index contributed by atoms with van der Waals surface area (Å²) >= 11 is 0. The molecule has 44 heavy (non-hydrogen) atoms. The Morgan fingerprint density at radius 2 is 1.32 bits per heavy atom. The summed E-state index contributed by atoms with van der Waals surface area (Å²) in [5.41, 5.74) is 18.4. The lowest BCUT2D eigenvalue weighted by molar-refractivity contribution is 0.526. The third-order valence-corrected chi connectivity index (χ3v) is 10.2. The molecule has 1 spiro atoms. The van der Waals surface area contributed by atoms with Crippen LogP contribution < -0.4 is 4.90 Å². The monoisotopic (exact) mass is 563 g/mol. The van der Waals surface area contributed by atoms with Crippen LogP contribution in [-0.4, -0.2) is 0 Å². The Morgan fingerprint density at radius 3 is 2.09 bits per heavy atom. The van der Waals surface area contributed by atoms with E-state index in [1.807, 2.05) is 0 Å². The molecule has 4 aliphatic carbocycles. The zero-order valence-corrected chi connectivity index (χ0v) is 24.8. The second-order valence-electron chi connectivity index (χ2n) is 12.5. The number of hydrogen-bond acceptors (Lipinski definition) is 1. The molecule has 0 unspecified atom stereocenters. The van der Waals surface area contributed by atoms with Crippen LogP contribution in [0.15, 0.2) is 157 Å². The molecule has 5 aromatic carbocycles. The van der Waals surface area contributed by atoms with Crippen molar-refractivity contribution < 1.29 is 0 Å². The van der Waals surface area contributed by atoms with Crippen molar-refractivity contribution in [2.24, 2.45) is 0 Å². The summed E-state index contributed by atoms with van der Waals surface area (Å²) in [6.07, 6.45) is 15.5. The molecule has 0 aliphatic heterocycles. The van der Waals surface area contributed by atoms with Crippen molar-refractivity contribution in [3.8, 4) is 11.1 Å². The Hall–Kier alpha value is -5.10. The molecule has 4 aliphatic rings. The van der Waals surface area contributed by atoms with Crippen LogP contribution in [-0.2, 0) is 5.41 Å². The Morgan fingerprint density at radius 1 is 0.636 bits per heavy atom. The van der Waals surface area contributed by atoms with Gasteiger partial charge >= 0.3 is 0 Å². The molecule has 0 heterocycles. The van der Waals surface area contributed by atoms with Gasteiger partial charge in [0.25, 0.3) is 0 Å². The van der Waals surface area contributed by atoms with E-state index < -0.39 is 0 Å². The quantitative estimate of drug-likeness (QED) is 0.192. The molecule has 0 saturated heterocycles. The first-order valence-electron chi connectivity index (χ1n) is 16.0. The van der Waals surface area contributed by atoms with Crippen molar-refractivity contribution in [1.29, 1.82) is 0 Å². The molecule has 0 atom stereocenters. The molecule has 9 rings (SSSR count). The van der Waals surface area contributed by atoms with E-state index in [1.54, 1.807) is 11.1 Å². The van der Waals surface area contributed by atoms with E-state index in [0.29, 0.717) is 0 Å². The van der Waals surface area contributed by atoms with Crippen molar-refractivity contribution in [3.05, 3.63) is 173 Å². The van der Waals surface area contributed by atoms with Gasteiger partial charge in [0, 0.05) is 27.6 Å². The number of anilines is 2. The minimum Gasteiger partial charge on any atom is -0.302 e. The number of allylic oxidation sites excluding steroid dienone is 6. The Labute approximate surface area is 259 Å². The highest BCUT2D eigenvalue weighted by molar-refractivity contribution is 6.08. The highest BCUT2D eigenvalue weighted by Gasteiger charge is 2.48. The van der Waals surface area contributed by atoms with Crippen LogP contribution >= 0.6 is 0 Å². The molecule has 1 nitrogen and oxygen atoms in total. The van der Waals surface area contributed by atoms with E-state index >= 15 is 0 Å². The lowest BCUT2D eigenvalue weighted by atomic mass is 9.74. The molecule has 0 amide bonds. The third-order valence-electron chi connectivity index (χ3n) is 10.2. The molecule has 0 aromatic heterocycles. The molecule has 210 valence electrons. The van der Waals surface area contributed by atoms with Crippen molar-refractivity contribution in [2.45, 2.75) is 37.5 Å². The Bertz CT molecular complexity index is 2090. The lowest BCUT2D eigenvalue weighted by Gasteiger charge is -2.32. The molecule has 0 N–H and O–H groups in total. The number of rotatable bonds is 5. The van der Waals surface area contributed by atoms with Gasteiger partial charge in [-0.1, -0.05) is 128 Å². The second-order valence-corrected chi connectivity index (χ2v) is 12.5. The normalized spacial score (nSPS) is 17.4. The molecule has 0 radical (unpaired) electrons. The first kappa shape index (κ1) is 25.4. The molecular weight excluding hydrogens is 530 g/mol. The van der Waals surface area contributed by atoms with Crippen molar-refractivity contribution in [1.82, 2.24) is 0 Å². The van der Waals surface area contributed by atoms with Crippen LogP contribution in [0, 0.1) is 0 Å². The summed E-state index contributed by atoms with van der Waals surface area (Å²) in [6.45, 7) is 0. The van der Waals surface area contributed by atoms with Crippen LogP contribution in [0.4, 0.5) is 11.4 Å².